The Morgan fingerprint density at radius 3 is 2.41 bits per heavy atom. The van der Waals surface area contributed by atoms with Crippen molar-refractivity contribution in [3.05, 3.63) is 28.8 Å². The standard InChI is InChI=1S/C20H23N5O3S/c1-10-7-11(2)16(12(3)8-10)23-14(26)9-29-18-15-17(21-13(4)22-18)24(5)20(28)25(6)19(15)27/h7-8,15H,9H2,1-6H3/p+1. The van der Waals surface area contributed by atoms with Crippen LogP contribution in [0.3, 0.4) is 0 Å². The van der Waals surface area contributed by atoms with E-state index >= 15 is 0 Å². The van der Waals surface area contributed by atoms with E-state index in [9.17, 15) is 14.4 Å². The number of aliphatic imine (C=N–C) groups is 2. The average molecular weight is 415 g/mol. The van der Waals surface area contributed by atoms with Crippen LogP contribution >= 0.6 is 11.8 Å². The third-order valence-electron chi connectivity index (χ3n) is 4.84. The summed E-state index contributed by atoms with van der Waals surface area (Å²) in [7, 11) is 3.01. The number of urea groups is 1. The van der Waals surface area contributed by atoms with E-state index in [1.54, 1.807) is 14.0 Å². The van der Waals surface area contributed by atoms with Gasteiger partial charge in [0.15, 0.2) is 5.92 Å². The van der Waals surface area contributed by atoms with E-state index in [0.29, 0.717) is 16.7 Å². The highest BCUT2D eigenvalue weighted by molar-refractivity contribution is 8.14. The minimum absolute atomic E-state index is 0.0945. The molecule has 0 bridgehead atoms. The third kappa shape index (κ3) is 4.00. The molecule has 9 heteroatoms. The fraction of sp³-hybridized carbons (Fsp3) is 0.400. The molecule has 1 unspecified atom stereocenters. The Hall–Kier alpha value is -2.81. The van der Waals surface area contributed by atoms with Crippen molar-refractivity contribution in [2.75, 3.05) is 25.2 Å². The Bertz CT molecular complexity index is 1000. The van der Waals surface area contributed by atoms with Crippen LogP contribution in [0.4, 0.5) is 10.5 Å². The van der Waals surface area contributed by atoms with Gasteiger partial charge in [-0.1, -0.05) is 34.5 Å². The molecule has 0 spiro atoms. The van der Waals surface area contributed by atoms with E-state index in [-0.39, 0.29) is 11.7 Å². The number of anilines is 1. The van der Waals surface area contributed by atoms with Crippen molar-refractivity contribution in [2.24, 2.45) is 15.9 Å². The minimum atomic E-state index is -0.771. The van der Waals surface area contributed by atoms with E-state index in [1.807, 2.05) is 32.9 Å². The molecule has 3 rings (SSSR count). The first-order valence-electron chi connectivity index (χ1n) is 9.16. The quantitative estimate of drug-likeness (QED) is 0.769. The lowest BCUT2D eigenvalue weighted by Gasteiger charge is -2.26. The van der Waals surface area contributed by atoms with Crippen molar-refractivity contribution in [1.29, 1.82) is 0 Å². The fourth-order valence-electron chi connectivity index (χ4n) is 3.49. The summed E-state index contributed by atoms with van der Waals surface area (Å²) >= 11 is 1.19. The van der Waals surface area contributed by atoms with Gasteiger partial charge in [0.2, 0.25) is 11.7 Å². The van der Waals surface area contributed by atoms with Crippen molar-refractivity contribution in [1.82, 2.24) is 4.90 Å². The maximum atomic E-state index is 12.7. The number of rotatable bonds is 3. The number of amides is 4. The van der Waals surface area contributed by atoms with Gasteiger partial charge in [-0.3, -0.25) is 9.59 Å². The zero-order chi connectivity index (χ0) is 21.5. The van der Waals surface area contributed by atoms with Gasteiger partial charge in [0.25, 0.3) is 5.84 Å². The molecule has 2 heterocycles. The molecule has 8 nitrogen and oxygen atoms in total. The summed E-state index contributed by atoms with van der Waals surface area (Å²) in [6.45, 7) is 7.63. The number of hydrogen-bond acceptors (Lipinski definition) is 6. The molecule has 0 saturated heterocycles. The molecule has 0 aromatic heterocycles. The van der Waals surface area contributed by atoms with Gasteiger partial charge >= 0.3 is 11.9 Å². The summed E-state index contributed by atoms with van der Waals surface area (Å²) in [5.74, 6) is -0.462. The van der Waals surface area contributed by atoms with Gasteiger partial charge in [-0.05, 0) is 31.9 Å². The molecule has 0 aliphatic carbocycles. The summed E-state index contributed by atoms with van der Waals surface area (Å²) in [5, 5.41) is 3.42. The third-order valence-corrected chi connectivity index (χ3v) is 5.87. The van der Waals surface area contributed by atoms with Crippen LogP contribution in [0.5, 0.6) is 0 Å². The summed E-state index contributed by atoms with van der Waals surface area (Å²) < 4.78 is 1.35. The van der Waals surface area contributed by atoms with Crippen LogP contribution < -0.4 is 5.32 Å². The van der Waals surface area contributed by atoms with Gasteiger partial charge in [0, 0.05) is 12.6 Å². The molecule has 29 heavy (non-hydrogen) atoms. The molecule has 2 aliphatic rings. The van der Waals surface area contributed by atoms with Crippen molar-refractivity contribution < 1.29 is 19.0 Å². The van der Waals surface area contributed by atoms with Gasteiger partial charge in [-0.25, -0.2) is 9.79 Å². The number of thioether (sulfide) groups is 1. The Morgan fingerprint density at radius 2 is 1.79 bits per heavy atom. The highest BCUT2D eigenvalue weighted by atomic mass is 32.2. The van der Waals surface area contributed by atoms with Crippen LogP contribution in [0.2, 0.25) is 0 Å². The molecule has 0 saturated carbocycles. The van der Waals surface area contributed by atoms with Crippen molar-refractivity contribution in [3.8, 4) is 0 Å². The van der Waals surface area contributed by atoms with Gasteiger partial charge in [0.05, 0.1) is 19.8 Å². The van der Waals surface area contributed by atoms with Crippen LogP contribution in [-0.4, -0.2) is 63.9 Å². The monoisotopic (exact) mass is 414 g/mol. The van der Waals surface area contributed by atoms with E-state index < -0.39 is 17.9 Å². The molecular formula is C20H24N5O3S+. The number of imide groups is 1. The minimum Gasteiger partial charge on any atom is -0.325 e. The molecule has 1 atom stereocenters. The largest absolute Gasteiger partial charge is 0.445 e. The highest BCUT2D eigenvalue weighted by Crippen LogP contribution is 2.26. The zero-order valence-corrected chi connectivity index (χ0v) is 18.2. The molecule has 4 amide bonds. The van der Waals surface area contributed by atoms with Crippen LogP contribution in [0.1, 0.15) is 23.6 Å². The number of carbonyl (C=O) groups is 3. The van der Waals surface area contributed by atoms with E-state index in [1.165, 1.54) is 23.4 Å². The predicted octanol–water partition coefficient (Wildman–Crippen LogP) is 2.36. The lowest BCUT2D eigenvalue weighted by atomic mass is 10.1. The van der Waals surface area contributed by atoms with E-state index in [4.69, 9.17) is 0 Å². The molecule has 1 aromatic carbocycles. The molecule has 1 N–H and O–H groups in total. The predicted molar refractivity (Wildman–Crippen MR) is 115 cm³/mol. The molecule has 2 aliphatic heterocycles. The van der Waals surface area contributed by atoms with Gasteiger partial charge in [0.1, 0.15) is 5.04 Å². The Balaban J connectivity index is 1.78. The number of fused-ring (bicyclic) bond motifs is 1. The second-order valence-corrected chi connectivity index (χ2v) is 8.25. The molecular weight excluding hydrogens is 390 g/mol. The number of amidine groups is 2. The van der Waals surface area contributed by atoms with Crippen LogP contribution in [0, 0.1) is 26.7 Å². The maximum absolute atomic E-state index is 12.7. The summed E-state index contributed by atoms with van der Waals surface area (Å²) in [5.41, 5.74) is 3.94. The summed E-state index contributed by atoms with van der Waals surface area (Å²) in [6, 6.07) is 3.60. The SMILES string of the molecule is CC1=NC2=[N+](C)C(=O)N(C)C(=O)C2C(SCC(=O)Nc2c(C)cc(C)cc2C)=N1. The second-order valence-electron chi connectivity index (χ2n) is 7.25. The van der Waals surface area contributed by atoms with Gasteiger partial charge in [-0.2, -0.15) is 9.48 Å². The average Bonchev–Trinajstić information content (AvgIpc) is 2.65. The first-order valence-corrected chi connectivity index (χ1v) is 10.1. The maximum Gasteiger partial charge on any atom is 0.445 e. The number of nitrogens with one attached hydrogen (secondary N) is 1. The summed E-state index contributed by atoms with van der Waals surface area (Å²) in [6.07, 6.45) is 0. The Kier molecular flexibility index (Phi) is 5.70. The number of aryl methyl sites for hydroxylation is 3. The lowest BCUT2D eigenvalue weighted by Crippen LogP contribution is -2.54. The van der Waals surface area contributed by atoms with Crippen LogP contribution in [0.25, 0.3) is 0 Å². The first-order chi connectivity index (χ1) is 13.6. The Morgan fingerprint density at radius 1 is 1.17 bits per heavy atom. The molecule has 1 aromatic rings. The number of hydrogen-bond donors (Lipinski definition) is 1. The van der Waals surface area contributed by atoms with Gasteiger partial charge < -0.3 is 5.32 Å². The topological polar surface area (TPSA) is 94.2 Å². The number of carbonyl (C=O) groups excluding carboxylic acids is 3. The fourth-order valence-corrected chi connectivity index (χ4v) is 4.41. The highest BCUT2D eigenvalue weighted by Gasteiger charge is 2.48. The number of benzene rings is 1. The van der Waals surface area contributed by atoms with E-state index in [2.05, 4.69) is 15.3 Å². The van der Waals surface area contributed by atoms with Crippen LogP contribution in [0.15, 0.2) is 22.1 Å². The summed E-state index contributed by atoms with van der Waals surface area (Å²) in [4.78, 5) is 47.2. The lowest BCUT2D eigenvalue weighted by molar-refractivity contribution is -0.407. The zero-order valence-electron chi connectivity index (χ0n) is 17.4. The van der Waals surface area contributed by atoms with Crippen molar-refractivity contribution in [2.45, 2.75) is 27.7 Å². The molecule has 0 fully saturated rings. The second kappa shape index (κ2) is 7.90. The normalized spacial score (nSPS) is 19.1. The molecule has 0 radical (unpaired) electrons. The van der Waals surface area contributed by atoms with E-state index in [0.717, 1.165) is 27.3 Å². The smallest absolute Gasteiger partial charge is 0.325 e. The van der Waals surface area contributed by atoms with Gasteiger partial charge in [-0.15, -0.1) is 0 Å². The van der Waals surface area contributed by atoms with Crippen LogP contribution in [-0.2, 0) is 9.59 Å². The Labute approximate surface area is 173 Å². The van der Waals surface area contributed by atoms with Crippen molar-refractivity contribution in [3.63, 3.8) is 0 Å². The number of nitrogens with zero attached hydrogens (tertiary/aromatic N) is 4. The van der Waals surface area contributed by atoms with Crippen molar-refractivity contribution >= 4 is 52.0 Å². The molecule has 152 valence electrons. The first kappa shape index (κ1) is 20.9.